The molecule has 0 saturated carbocycles. The number of hydrogen-bond acceptors (Lipinski definition) is 4. The van der Waals surface area contributed by atoms with E-state index in [-0.39, 0.29) is 5.91 Å². The maximum absolute atomic E-state index is 12.2. The van der Waals surface area contributed by atoms with Crippen LogP contribution in [0.5, 0.6) is 5.75 Å². The molecule has 2 N–H and O–H groups in total. The van der Waals surface area contributed by atoms with E-state index in [0.717, 1.165) is 44.4 Å². The molecule has 0 spiro atoms. The van der Waals surface area contributed by atoms with Gasteiger partial charge in [0.15, 0.2) is 5.96 Å². The van der Waals surface area contributed by atoms with E-state index in [0.29, 0.717) is 19.7 Å². The minimum Gasteiger partial charge on any atom is -0.492 e. The monoisotopic (exact) mass is 389 g/mol. The van der Waals surface area contributed by atoms with Crippen molar-refractivity contribution in [3.8, 4) is 5.75 Å². The van der Waals surface area contributed by atoms with Crippen LogP contribution in [0, 0.1) is 5.41 Å². The molecule has 1 aliphatic rings. The molecule has 7 heteroatoms. The molecule has 1 amide bonds. The van der Waals surface area contributed by atoms with E-state index < -0.39 is 5.41 Å². The highest BCUT2D eigenvalue weighted by Crippen LogP contribution is 2.14. The number of para-hydroxylation sites is 1. The number of rotatable bonds is 8. The number of benzene rings is 1. The molecule has 0 atom stereocenters. The summed E-state index contributed by atoms with van der Waals surface area (Å²) in [6.45, 7) is 12.4. The van der Waals surface area contributed by atoms with Gasteiger partial charge < -0.3 is 20.3 Å². The Labute approximate surface area is 169 Å². The van der Waals surface area contributed by atoms with E-state index in [1.165, 1.54) is 0 Å². The molecular weight excluding hydrogens is 354 g/mol. The molecular formula is C21H35N5O2. The molecule has 1 fully saturated rings. The second-order valence-electron chi connectivity index (χ2n) is 7.63. The number of piperazine rings is 1. The Kier molecular flexibility index (Phi) is 8.57. The van der Waals surface area contributed by atoms with E-state index in [4.69, 9.17) is 4.74 Å². The average Bonchev–Trinajstić information content (AvgIpc) is 2.70. The molecule has 1 aromatic rings. The lowest BCUT2D eigenvalue weighted by Gasteiger charge is -2.37. The van der Waals surface area contributed by atoms with Gasteiger partial charge in [-0.25, -0.2) is 0 Å². The van der Waals surface area contributed by atoms with Gasteiger partial charge in [-0.05, 0) is 32.9 Å². The zero-order chi connectivity index (χ0) is 20.4. The van der Waals surface area contributed by atoms with Gasteiger partial charge in [0, 0.05) is 52.9 Å². The Morgan fingerprint density at radius 1 is 1.14 bits per heavy atom. The maximum Gasteiger partial charge on any atom is 0.227 e. The van der Waals surface area contributed by atoms with Crippen molar-refractivity contribution in [2.75, 3.05) is 59.5 Å². The number of aliphatic imine (C=N–C) groups is 1. The number of ether oxygens (including phenoxy) is 1. The van der Waals surface area contributed by atoms with Gasteiger partial charge in [0.1, 0.15) is 12.4 Å². The minimum absolute atomic E-state index is 0.0567. The van der Waals surface area contributed by atoms with E-state index >= 15 is 0 Å². The molecule has 1 aromatic carbocycles. The number of carbonyl (C=O) groups is 1. The first kappa shape index (κ1) is 22.0. The van der Waals surface area contributed by atoms with Crippen LogP contribution in [0.25, 0.3) is 0 Å². The average molecular weight is 390 g/mol. The molecule has 1 heterocycles. The normalized spacial score (nSPS) is 16.0. The summed E-state index contributed by atoms with van der Waals surface area (Å²) in [7, 11) is 1.79. The van der Waals surface area contributed by atoms with E-state index in [1.807, 2.05) is 51.1 Å². The number of guanidine groups is 1. The van der Waals surface area contributed by atoms with Crippen LogP contribution in [-0.2, 0) is 4.79 Å². The van der Waals surface area contributed by atoms with Crippen molar-refractivity contribution in [1.82, 2.24) is 20.4 Å². The van der Waals surface area contributed by atoms with Gasteiger partial charge in [0.25, 0.3) is 0 Å². The van der Waals surface area contributed by atoms with E-state index in [1.54, 1.807) is 7.05 Å². The van der Waals surface area contributed by atoms with Gasteiger partial charge >= 0.3 is 0 Å². The fourth-order valence-corrected chi connectivity index (χ4v) is 3.11. The number of nitrogens with one attached hydrogen (secondary N) is 2. The predicted molar refractivity (Wildman–Crippen MR) is 114 cm³/mol. The topological polar surface area (TPSA) is 69.2 Å². The number of hydrogen-bond donors (Lipinski definition) is 2. The molecule has 0 bridgehead atoms. The lowest BCUT2D eigenvalue weighted by atomic mass is 9.92. The Morgan fingerprint density at radius 3 is 2.43 bits per heavy atom. The summed E-state index contributed by atoms with van der Waals surface area (Å²) in [6, 6.07) is 9.93. The Bertz CT molecular complexity index is 625. The SMILES string of the molecule is CCNC(=O)C(C)(C)CNC(=NC)N1CCN(CCOc2ccccc2)CC1. The van der Waals surface area contributed by atoms with Crippen molar-refractivity contribution < 1.29 is 9.53 Å². The third-order valence-corrected chi connectivity index (χ3v) is 4.94. The molecule has 156 valence electrons. The maximum atomic E-state index is 12.2. The van der Waals surface area contributed by atoms with E-state index in [9.17, 15) is 4.79 Å². The van der Waals surface area contributed by atoms with Crippen LogP contribution >= 0.6 is 0 Å². The highest BCUT2D eigenvalue weighted by Gasteiger charge is 2.28. The molecule has 0 aliphatic carbocycles. The van der Waals surface area contributed by atoms with Crippen molar-refractivity contribution in [2.24, 2.45) is 10.4 Å². The first-order valence-corrected chi connectivity index (χ1v) is 10.1. The number of nitrogens with zero attached hydrogens (tertiary/aromatic N) is 3. The third-order valence-electron chi connectivity index (χ3n) is 4.94. The molecule has 7 nitrogen and oxygen atoms in total. The van der Waals surface area contributed by atoms with Gasteiger partial charge in [0.05, 0.1) is 5.41 Å². The van der Waals surface area contributed by atoms with E-state index in [2.05, 4.69) is 25.4 Å². The molecule has 0 unspecified atom stereocenters. The molecule has 0 radical (unpaired) electrons. The third kappa shape index (κ3) is 6.71. The predicted octanol–water partition coefficient (Wildman–Crippen LogP) is 1.42. The first-order valence-electron chi connectivity index (χ1n) is 10.1. The lowest BCUT2D eigenvalue weighted by Crippen LogP contribution is -2.55. The van der Waals surface area contributed by atoms with Crippen molar-refractivity contribution in [1.29, 1.82) is 0 Å². The van der Waals surface area contributed by atoms with Crippen molar-refractivity contribution >= 4 is 11.9 Å². The summed E-state index contributed by atoms with van der Waals surface area (Å²) in [6.07, 6.45) is 0. The summed E-state index contributed by atoms with van der Waals surface area (Å²) in [5.41, 5.74) is -0.484. The molecule has 2 rings (SSSR count). The standard InChI is InChI=1S/C21H35N5O2/c1-5-23-19(27)21(2,3)17-24-20(22-4)26-13-11-25(12-14-26)15-16-28-18-9-7-6-8-10-18/h6-10H,5,11-17H2,1-4H3,(H,22,24)(H,23,27). The largest absolute Gasteiger partial charge is 0.492 e. The van der Waals surface area contributed by atoms with Gasteiger partial charge in [0.2, 0.25) is 5.91 Å². The highest BCUT2D eigenvalue weighted by atomic mass is 16.5. The smallest absolute Gasteiger partial charge is 0.227 e. The quantitative estimate of drug-likeness (QED) is 0.520. The summed E-state index contributed by atoms with van der Waals surface area (Å²) >= 11 is 0. The zero-order valence-electron chi connectivity index (χ0n) is 17.7. The molecule has 1 aliphatic heterocycles. The molecule has 0 aromatic heterocycles. The van der Waals surface area contributed by atoms with Crippen molar-refractivity contribution in [3.05, 3.63) is 30.3 Å². The Hall–Kier alpha value is -2.28. The number of amides is 1. The highest BCUT2D eigenvalue weighted by molar-refractivity contribution is 5.84. The summed E-state index contributed by atoms with van der Waals surface area (Å²) in [4.78, 5) is 21.2. The van der Waals surface area contributed by atoms with Crippen LogP contribution in [0.2, 0.25) is 0 Å². The minimum atomic E-state index is -0.484. The van der Waals surface area contributed by atoms with Crippen LogP contribution in [0.4, 0.5) is 0 Å². The van der Waals surface area contributed by atoms with Crippen LogP contribution in [0.3, 0.4) is 0 Å². The summed E-state index contributed by atoms with van der Waals surface area (Å²) in [5, 5.41) is 6.26. The van der Waals surface area contributed by atoms with Gasteiger partial charge in [-0.15, -0.1) is 0 Å². The van der Waals surface area contributed by atoms with Gasteiger partial charge in [-0.2, -0.15) is 0 Å². The zero-order valence-corrected chi connectivity index (χ0v) is 17.7. The Morgan fingerprint density at radius 2 is 1.82 bits per heavy atom. The van der Waals surface area contributed by atoms with Gasteiger partial charge in [-0.1, -0.05) is 18.2 Å². The fourth-order valence-electron chi connectivity index (χ4n) is 3.11. The van der Waals surface area contributed by atoms with Crippen LogP contribution < -0.4 is 15.4 Å². The van der Waals surface area contributed by atoms with Crippen molar-refractivity contribution in [3.63, 3.8) is 0 Å². The van der Waals surface area contributed by atoms with Gasteiger partial charge in [-0.3, -0.25) is 14.7 Å². The fraction of sp³-hybridized carbons (Fsp3) is 0.619. The van der Waals surface area contributed by atoms with Crippen LogP contribution in [-0.4, -0.2) is 81.1 Å². The number of carbonyl (C=O) groups excluding carboxylic acids is 1. The second-order valence-corrected chi connectivity index (χ2v) is 7.63. The Balaban J connectivity index is 1.72. The molecule has 28 heavy (non-hydrogen) atoms. The first-order chi connectivity index (χ1) is 13.5. The second kappa shape index (κ2) is 10.9. The summed E-state index contributed by atoms with van der Waals surface area (Å²) < 4.78 is 5.79. The molecule has 1 saturated heterocycles. The van der Waals surface area contributed by atoms with Crippen LogP contribution in [0.1, 0.15) is 20.8 Å². The lowest BCUT2D eigenvalue weighted by molar-refractivity contribution is -0.128. The van der Waals surface area contributed by atoms with Crippen LogP contribution in [0.15, 0.2) is 35.3 Å². The summed E-state index contributed by atoms with van der Waals surface area (Å²) in [5.74, 6) is 1.83. The van der Waals surface area contributed by atoms with Crippen molar-refractivity contribution in [2.45, 2.75) is 20.8 Å².